The highest BCUT2D eigenvalue weighted by atomic mass is 16.1. The fourth-order valence-corrected chi connectivity index (χ4v) is 1.69. The average molecular weight is 178 g/mol. The van der Waals surface area contributed by atoms with Crippen molar-refractivity contribution in [3.63, 3.8) is 0 Å². The van der Waals surface area contributed by atoms with Crippen molar-refractivity contribution >= 4 is 5.78 Å². The molecule has 0 bridgehead atoms. The minimum Gasteiger partial charge on any atom is -0.331 e. The molecule has 70 valence electrons. The van der Waals surface area contributed by atoms with Gasteiger partial charge in [-0.1, -0.05) is 19.3 Å². The van der Waals surface area contributed by atoms with Crippen molar-refractivity contribution in [2.45, 2.75) is 25.7 Å². The standard InChI is InChI=1S/C10H14N2O/c1-12-7-11-6-9(12)10(13)5-8-3-2-4-8/h6-8H,2-5H2,1H3. The summed E-state index contributed by atoms with van der Waals surface area (Å²) in [5.41, 5.74) is 0.743. The first kappa shape index (κ1) is 8.48. The molecule has 0 unspecified atom stereocenters. The highest BCUT2D eigenvalue weighted by Crippen LogP contribution is 2.30. The zero-order valence-electron chi connectivity index (χ0n) is 7.86. The van der Waals surface area contributed by atoms with E-state index in [1.165, 1.54) is 19.3 Å². The van der Waals surface area contributed by atoms with Gasteiger partial charge >= 0.3 is 0 Å². The van der Waals surface area contributed by atoms with Crippen LogP contribution in [0.2, 0.25) is 0 Å². The quantitative estimate of drug-likeness (QED) is 0.661. The van der Waals surface area contributed by atoms with E-state index in [-0.39, 0.29) is 5.78 Å². The Morgan fingerprint density at radius 2 is 2.46 bits per heavy atom. The Balaban J connectivity index is 2.00. The van der Waals surface area contributed by atoms with E-state index < -0.39 is 0 Å². The Bertz CT molecular complexity index is 312. The van der Waals surface area contributed by atoms with E-state index in [1.54, 1.807) is 17.1 Å². The maximum Gasteiger partial charge on any atom is 0.181 e. The number of nitrogens with zero attached hydrogens (tertiary/aromatic N) is 2. The van der Waals surface area contributed by atoms with Gasteiger partial charge in [0.25, 0.3) is 0 Å². The van der Waals surface area contributed by atoms with E-state index in [0.29, 0.717) is 12.3 Å². The molecule has 1 aromatic rings. The lowest BCUT2D eigenvalue weighted by molar-refractivity contribution is 0.0928. The molecule has 0 atom stereocenters. The normalized spacial score (nSPS) is 17.0. The summed E-state index contributed by atoms with van der Waals surface area (Å²) in [4.78, 5) is 15.6. The molecule has 3 nitrogen and oxygen atoms in total. The summed E-state index contributed by atoms with van der Waals surface area (Å²) in [6, 6.07) is 0. The molecule has 2 rings (SSSR count). The summed E-state index contributed by atoms with van der Waals surface area (Å²) < 4.78 is 1.79. The van der Waals surface area contributed by atoms with Gasteiger partial charge in [0, 0.05) is 13.5 Å². The second-order valence-corrected chi connectivity index (χ2v) is 3.81. The molecular formula is C10H14N2O. The zero-order valence-corrected chi connectivity index (χ0v) is 7.86. The summed E-state index contributed by atoms with van der Waals surface area (Å²) in [7, 11) is 1.86. The molecule has 3 heteroatoms. The topological polar surface area (TPSA) is 34.9 Å². The minimum absolute atomic E-state index is 0.240. The van der Waals surface area contributed by atoms with Gasteiger partial charge in [-0.2, -0.15) is 0 Å². The van der Waals surface area contributed by atoms with Crippen LogP contribution in [0.15, 0.2) is 12.5 Å². The summed E-state index contributed by atoms with van der Waals surface area (Å²) >= 11 is 0. The van der Waals surface area contributed by atoms with Gasteiger partial charge in [-0.3, -0.25) is 4.79 Å². The van der Waals surface area contributed by atoms with Crippen LogP contribution in [0.5, 0.6) is 0 Å². The van der Waals surface area contributed by atoms with E-state index in [9.17, 15) is 4.79 Å². The molecule has 1 aliphatic rings. The highest BCUT2D eigenvalue weighted by molar-refractivity contribution is 5.94. The van der Waals surface area contributed by atoms with Crippen LogP contribution in [0.3, 0.4) is 0 Å². The smallest absolute Gasteiger partial charge is 0.181 e. The van der Waals surface area contributed by atoms with Crippen molar-refractivity contribution in [1.82, 2.24) is 9.55 Å². The summed E-state index contributed by atoms with van der Waals surface area (Å²) in [6.45, 7) is 0. The Labute approximate surface area is 77.8 Å². The number of imidazole rings is 1. The van der Waals surface area contributed by atoms with Gasteiger partial charge in [0.1, 0.15) is 5.69 Å². The lowest BCUT2D eigenvalue weighted by atomic mass is 9.81. The number of rotatable bonds is 3. The van der Waals surface area contributed by atoms with E-state index in [2.05, 4.69) is 4.98 Å². The second-order valence-electron chi connectivity index (χ2n) is 3.81. The molecule has 0 spiro atoms. The number of carbonyl (C=O) groups is 1. The monoisotopic (exact) mass is 178 g/mol. The molecule has 1 saturated carbocycles. The molecule has 0 aliphatic heterocycles. The first-order valence-electron chi connectivity index (χ1n) is 4.77. The number of carbonyl (C=O) groups excluding carboxylic acids is 1. The van der Waals surface area contributed by atoms with Crippen LogP contribution in [0, 0.1) is 5.92 Å². The van der Waals surface area contributed by atoms with E-state index in [0.717, 1.165) is 5.69 Å². The number of hydrogen-bond donors (Lipinski definition) is 0. The molecular weight excluding hydrogens is 164 g/mol. The number of aryl methyl sites for hydroxylation is 1. The first-order chi connectivity index (χ1) is 6.27. The Kier molecular flexibility index (Phi) is 2.17. The Morgan fingerprint density at radius 1 is 1.69 bits per heavy atom. The molecule has 0 aromatic carbocycles. The van der Waals surface area contributed by atoms with Crippen molar-refractivity contribution in [2.75, 3.05) is 0 Å². The summed E-state index contributed by atoms with van der Waals surface area (Å²) in [5.74, 6) is 0.882. The number of ketones is 1. The maximum absolute atomic E-state index is 11.7. The molecule has 0 N–H and O–H groups in total. The van der Waals surface area contributed by atoms with Crippen molar-refractivity contribution < 1.29 is 4.79 Å². The SMILES string of the molecule is Cn1cncc1C(=O)CC1CCC1. The lowest BCUT2D eigenvalue weighted by Gasteiger charge is -2.24. The van der Waals surface area contributed by atoms with Gasteiger partial charge in [0.2, 0.25) is 0 Å². The van der Waals surface area contributed by atoms with Crippen molar-refractivity contribution in [2.24, 2.45) is 13.0 Å². The zero-order chi connectivity index (χ0) is 9.26. The molecule has 1 aromatic heterocycles. The molecule has 1 aliphatic carbocycles. The van der Waals surface area contributed by atoms with Crippen LogP contribution in [-0.4, -0.2) is 15.3 Å². The molecule has 0 radical (unpaired) electrons. The van der Waals surface area contributed by atoms with Gasteiger partial charge < -0.3 is 4.57 Å². The number of Topliss-reactive ketones (excluding diaryl/α,β-unsaturated/α-hetero) is 1. The van der Waals surface area contributed by atoms with Crippen molar-refractivity contribution in [3.05, 3.63) is 18.2 Å². The lowest BCUT2D eigenvalue weighted by Crippen LogP contribution is -2.17. The molecule has 13 heavy (non-hydrogen) atoms. The van der Waals surface area contributed by atoms with Crippen molar-refractivity contribution in [1.29, 1.82) is 0 Å². The van der Waals surface area contributed by atoms with E-state index in [1.807, 2.05) is 7.05 Å². The maximum atomic E-state index is 11.7. The van der Waals surface area contributed by atoms with Crippen molar-refractivity contribution in [3.8, 4) is 0 Å². The van der Waals surface area contributed by atoms with E-state index in [4.69, 9.17) is 0 Å². The van der Waals surface area contributed by atoms with Crippen LogP contribution >= 0.6 is 0 Å². The number of hydrogen-bond acceptors (Lipinski definition) is 2. The van der Waals surface area contributed by atoms with Crippen LogP contribution in [0.25, 0.3) is 0 Å². The Hall–Kier alpha value is -1.12. The largest absolute Gasteiger partial charge is 0.331 e. The predicted molar refractivity (Wildman–Crippen MR) is 49.5 cm³/mol. The number of aromatic nitrogens is 2. The average Bonchev–Trinajstić information content (AvgIpc) is 2.43. The highest BCUT2D eigenvalue weighted by Gasteiger charge is 2.22. The third-order valence-electron chi connectivity index (χ3n) is 2.80. The van der Waals surface area contributed by atoms with Gasteiger partial charge in [-0.25, -0.2) is 4.98 Å². The van der Waals surface area contributed by atoms with Gasteiger partial charge in [-0.15, -0.1) is 0 Å². The van der Waals surface area contributed by atoms with E-state index >= 15 is 0 Å². The fraction of sp³-hybridized carbons (Fsp3) is 0.600. The van der Waals surface area contributed by atoms with Gasteiger partial charge in [0.15, 0.2) is 5.78 Å². The van der Waals surface area contributed by atoms with Crippen LogP contribution in [-0.2, 0) is 7.05 Å². The minimum atomic E-state index is 0.240. The van der Waals surface area contributed by atoms with Crippen LogP contribution in [0.4, 0.5) is 0 Å². The van der Waals surface area contributed by atoms with Crippen LogP contribution < -0.4 is 0 Å². The summed E-state index contributed by atoms with van der Waals surface area (Å²) in [5, 5.41) is 0. The Morgan fingerprint density at radius 3 is 2.92 bits per heavy atom. The second kappa shape index (κ2) is 3.32. The molecule has 0 saturated heterocycles. The molecule has 0 amide bonds. The fourth-order valence-electron chi connectivity index (χ4n) is 1.69. The predicted octanol–water partition coefficient (Wildman–Crippen LogP) is 1.79. The van der Waals surface area contributed by atoms with Gasteiger partial charge in [-0.05, 0) is 5.92 Å². The summed E-state index contributed by atoms with van der Waals surface area (Å²) in [6.07, 6.45) is 7.78. The third kappa shape index (κ3) is 1.64. The molecule has 1 fully saturated rings. The van der Waals surface area contributed by atoms with Gasteiger partial charge in [0.05, 0.1) is 12.5 Å². The third-order valence-corrected chi connectivity index (χ3v) is 2.80. The molecule has 1 heterocycles. The first-order valence-corrected chi connectivity index (χ1v) is 4.77. The van der Waals surface area contributed by atoms with Crippen LogP contribution in [0.1, 0.15) is 36.2 Å².